The van der Waals surface area contributed by atoms with Crippen molar-refractivity contribution in [2.45, 2.75) is 6.10 Å². The molecule has 0 saturated heterocycles. The van der Waals surface area contributed by atoms with E-state index in [2.05, 4.69) is 20.9 Å². The topological polar surface area (TPSA) is 59.4 Å². The van der Waals surface area contributed by atoms with E-state index in [1.807, 2.05) is 18.2 Å². The Bertz CT molecular complexity index is 645. The second-order valence-electron chi connectivity index (χ2n) is 3.65. The van der Waals surface area contributed by atoms with E-state index in [0.717, 1.165) is 15.4 Å². The highest BCUT2D eigenvalue weighted by Gasteiger charge is 2.17. The molecule has 0 aliphatic carbocycles. The first-order valence-electron chi connectivity index (χ1n) is 4.99. The molecule has 1 aromatic carbocycles. The highest BCUT2D eigenvalue weighted by molar-refractivity contribution is 9.10. The van der Waals surface area contributed by atoms with Crippen LogP contribution in [-0.4, -0.2) is 10.1 Å². The number of hydrogen-bond acceptors (Lipinski definition) is 4. The van der Waals surface area contributed by atoms with Gasteiger partial charge in [-0.25, -0.2) is 4.98 Å². The molecule has 0 fully saturated rings. The zero-order chi connectivity index (χ0) is 11.8. The first kappa shape index (κ1) is 10.6. The van der Waals surface area contributed by atoms with E-state index in [0.29, 0.717) is 11.5 Å². The number of nitrogens with zero attached hydrogens (tertiary/aromatic N) is 1. The average molecular weight is 294 g/mol. The zero-order valence-electron chi connectivity index (χ0n) is 8.63. The number of fused-ring (bicyclic) bond motifs is 1. The first-order valence-corrected chi connectivity index (χ1v) is 5.78. The second kappa shape index (κ2) is 4.01. The minimum atomic E-state index is -0.903. The Morgan fingerprint density at radius 3 is 2.94 bits per heavy atom. The van der Waals surface area contributed by atoms with Crippen molar-refractivity contribution in [2.75, 3.05) is 0 Å². The quantitative estimate of drug-likeness (QED) is 0.788. The molecule has 86 valence electrons. The Balaban J connectivity index is 2.06. The van der Waals surface area contributed by atoms with Crippen molar-refractivity contribution in [1.29, 1.82) is 0 Å². The summed E-state index contributed by atoms with van der Waals surface area (Å²) in [5.41, 5.74) is 1.16. The van der Waals surface area contributed by atoms with Crippen LogP contribution in [0.3, 0.4) is 0 Å². The highest BCUT2D eigenvalue weighted by atomic mass is 79.9. The van der Waals surface area contributed by atoms with Crippen molar-refractivity contribution >= 4 is 26.9 Å². The van der Waals surface area contributed by atoms with Gasteiger partial charge in [0.2, 0.25) is 0 Å². The molecule has 3 aromatic rings. The van der Waals surface area contributed by atoms with Crippen molar-refractivity contribution in [3.8, 4) is 0 Å². The molecule has 1 unspecified atom stereocenters. The van der Waals surface area contributed by atoms with Crippen molar-refractivity contribution in [1.82, 2.24) is 4.98 Å². The summed E-state index contributed by atoms with van der Waals surface area (Å²) in [4.78, 5) is 3.89. The van der Waals surface area contributed by atoms with E-state index >= 15 is 0 Å². The van der Waals surface area contributed by atoms with Gasteiger partial charge in [0.25, 0.3) is 0 Å². The van der Waals surface area contributed by atoms with Crippen LogP contribution in [0.1, 0.15) is 17.6 Å². The smallest absolute Gasteiger partial charge is 0.180 e. The van der Waals surface area contributed by atoms with Crippen LogP contribution in [0, 0.1) is 0 Å². The Morgan fingerprint density at radius 2 is 2.18 bits per heavy atom. The third-order valence-corrected chi connectivity index (χ3v) is 2.99. The zero-order valence-corrected chi connectivity index (χ0v) is 10.2. The highest BCUT2D eigenvalue weighted by Crippen LogP contribution is 2.29. The molecule has 17 heavy (non-hydrogen) atoms. The van der Waals surface area contributed by atoms with E-state index in [4.69, 9.17) is 8.83 Å². The minimum absolute atomic E-state index is 0.433. The Morgan fingerprint density at radius 1 is 1.29 bits per heavy atom. The normalized spacial score (nSPS) is 13.1. The van der Waals surface area contributed by atoms with Gasteiger partial charge >= 0.3 is 0 Å². The molecule has 0 spiro atoms. The van der Waals surface area contributed by atoms with Gasteiger partial charge in [-0.15, -0.1) is 0 Å². The first-order chi connectivity index (χ1) is 8.24. The van der Waals surface area contributed by atoms with Crippen molar-refractivity contribution in [3.05, 3.63) is 52.8 Å². The Kier molecular flexibility index (Phi) is 2.49. The molecular formula is C12H8BrNO3. The summed E-state index contributed by atoms with van der Waals surface area (Å²) in [7, 11) is 0. The summed E-state index contributed by atoms with van der Waals surface area (Å²) in [5, 5.41) is 11.0. The van der Waals surface area contributed by atoms with Gasteiger partial charge in [0, 0.05) is 9.86 Å². The number of oxazole rings is 1. The molecule has 0 saturated carbocycles. The maximum absolute atomic E-state index is 10.0. The molecule has 0 amide bonds. The number of rotatable bonds is 2. The van der Waals surface area contributed by atoms with Crippen LogP contribution in [0.4, 0.5) is 0 Å². The lowest BCUT2D eigenvalue weighted by molar-refractivity contribution is 0.187. The molecule has 2 heterocycles. The third kappa shape index (κ3) is 1.87. The van der Waals surface area contributed by atoms with Gasteiger partial charge in [0.15, 0.2) is 12.5 Å². The van der Waals surface area contributed by atoms with Crippen LogP contribution in [0.2, 0.25) is 0 Å². The van der Waals surface area contributed by atoms with Gasteiger partial charge in [-0.3, -0.25) is 0 Å². The summed E-state index contributed by atoms with van der Waals surface area (Å²) in [5.74, 6) is 0.451. The molecule has 0 radical (unpaired) electrons. The third-order valence-electron chi connectivity index (χ3n) is 2.50. The molecule has 5 heteroatoms. The SMILES string of the molecule is OC(c1cocn1)c1cc2cc(Br)ccc2o1. The fourth-order valence-electron chi connectivity index (χ4n) is 1.67. The fraction of sp³-hybridized carbons (Fsp3) is 0.0833. The lowest BCUT2D eigenvalue weighted by atomic mass is 10.2. The number of aliphatic hydroxyl groups is 1. The average Bonchev–Trinajstić information content (AvgIpc) is 2.96. The number of hydrogen-bond donors (Lipinski definition) is 1. The van der Waals surface area contributed by atoms with Crippen molar-refractivity contribution in [2.24, 2.45) is 0 Å². The molecule has 0 aliphatic heterocycles. The molecule has 1 atom stereocenters. The van der Waals surface area contributed by atoms with E-state index < -0.39 is 6.10 Å². The number of furan rings is 1. The molecule has 0 bridgehead atoms. The Labute approximate surface area is 105 Å². The van der Waals surface area contributed by atoms with E-state index in [9.17, 15) is 5.11 Å². The van der Waals surface area contributed by atoms with Crippen molar-refractivity contribution in [3.63, 3.8) is 0 Å². The lowest BCUT2D eigenvalue weighted by Crippen LogP contribution is -1.97. The molecule has 1 N–H and O–H groups in total. The monoisotopic (exact) mass is 293 g/mol. The van der Waals surface area contributed by atoms with Crippen LogP contribution in [0.25, 0.3) is 11.0 Å². The summed E-state index contributed by atoms with van der Waals surface area (Å²) < 4.78 is 11.4. The van der Waals surface area contributed by atoms with Gasteiger partial charge in [-0.05, 0) is 24.3 Å². The lowest BCUT2D eigenvalue weighted by Gasteiger charge is -2.01. The standard InChI is InChI=1S/C12H8BrNO3/c13-8-1-2-10-7(3-8)4-11(17-10)12(15)9-5-16-6-14-9/h1-6,12,15H. The van der Waals surface area contributed by atoms with Crippen LogP contribution >= 0.6 is 15.9 Å². The van der Waals surface area contributed by atoms with E-state index in [1.54, 1.807) is 6.07 Å². The van der Waals surface area contributed by atoms with Gasteiger partial charge in [0.1, 0.15) is 23.3 Å². The van der Waals surface area contributed by atoms with E-state index in [-0.39, 0.29) is 0 Å². The van der Waals surface area contributed by atoms with Gasteiger partial charge < -0.3 is 13.9 Å². The van der Waals surface area contributed by atoms with Crippen LogP contribution < -0.4 is 0 Å². The summed E-state index contributed by atoms with van der Waals surface area (Å²) in [6.07, 6.45) is 1.77. The molecule has 0 aliphatic rings. The number of halogens is 1. The predicted molar refractivity (Wildman–Crippen MR) is 64.5 cm³/mol. The summed E-state index contributed by atoms with van der Waals surface area (Å²) in [6, 6.07) is 7.45. The van der Waals surface area contributed by atoms with Crippen LogP contribution in [0.5, 0.6) is 0 Å². The fourth-order valence-corrected chi connectivity index (χ4v) is 2.05. The summed E-state index contributed by atoms with van der Waals surface area (Å²) in [6.45, 7) is 0. The van der Waals surface area contributed by atoms with Gasteiger partial charge in [0.05, 0.1) is 0 Å². The molecule has 2 aromatic heterocycles. The second-order valence-corrected chi connectivity index (χ2v) is 4.56. The number of benzene rings is 1. The number of aliphatic hydroxyl groups excluding tert-OH is 1. The molecule has 4 nitrogen and oxygen atoms in total. The van der Waals surface area contributed by atoms with Crippen molar-refractivity contribution < 1.29 is 13.9 Å². The van der Waals surface area contributed by atoms with Crippen LogP contribution in [-0.2, 0) is 0 Å². The number of aromatic nitrogens is 1. The molecule has 3 rings (SSSR count). The van der Waals surface area contributed by atoms with Crippen LogP contribution in [0.15, 0.2) is 50.2 Å². The minimum Gasteiger partial charge on any atom is -0.458 e. The Hall–Kier alpha value is -1.59. The molecular weight excluding hydrogens is 286 g/mol. The summed E-state index contributed by atoms with van der Waals surface area (Å²) >= 11 is 3.39. The van der Waals surface area contributed by atoms with Gasteiger partial charge in [-0.1, -0.05) is 15.9 Å². The maximum Gasteiger partial charge on any atom is 0.180 e. The maximum atomic E-state index is 10.0. The predicted octanol–water partition coefficient (Wildman–Crippen LogP) is 3.27. The van der Waals surface area contributed by atoms with Gasteiger partial charge in [-0.2, -0.15) is 0 Å². The largest absolute Gasteiger partial charge is 0.458 e. The van der Waals surface area contributed by atoms with E-state index in [1.165, 1.54) is 12.7 Å².